The van der Waals surface area contributed by atoms with Crippen molar-refractivity contribution < 1.29 is 0 Å². The van der Waals surface area contributed by atoms with Gasteiger partial charge < -0.3 is 0 Å². The first kappa shape index (κ1) is 9.34. The molecule has 1 aromatic rings. The molecule has 0 saturated heterocycles. The van der Waals surface area contributed by atoms with E-state index in [1.165, 1.54) is 22.3 Å². The normalized spacial score (nSPS) is 11.0. The minimum Gasteiger partial charge on any atom is -0.0929 e. The summed E-state index contributed by atoms with van der Waals surface area (Å²) in [4.78, 5) is 0. The van der Waals surface area contributed by atoms with Gasteiger partial charge in [-0.25, -0.2) is 0 Å². The standard InChI is InChI=1S/C11H13Cl/c1-8-6-9(2)11(4-5-12)10(3)7-8/h4-7H,1-3H3/b5-4+. The van der Waals surface area contributed by atoms with Gasteiger partial charge in [-0.15, -0.1) is 0 Å². The van der Waals surface area contributed by atoms with Crippen LogP contribution < -0.4 is 0 Å². The highest BCUT2D eigenvalue weighted by Crippen LogP contribution is 2.17. The van der Waals surface area contributed by atoms with Crippen molar-refractivity contribution in [1.82, 2.24) is 0 Å². The lowest BCUT2D eigenvalue weighted by molar-refractivity contribution is 1.30. The van der Waals surface area contributed by atoms with Crippen LogP contribution in [0.3, 0.4) is 0 Å². The summed E-state index contributed by atoms with van der Waals surface area (Å²) in [7, 11) is 0. The first-order valence-electron chi connectivity index (χ1n) is 3.99. The Hall–Kier alpha value is -0.750. The summed E-state index contributed by atoms with van der Waals surface area (Å²) in [6, 6.07) is 4.33. The second-order valence-corrected chi connectivity index (χ2v) is 3.36. The van der Waals surface area contributed by atoms with Crippen LogP contribution in [0.25, 0.3) is 6.08 Å². The van der Waals surface area contributed by atoms with Crippen molar-refractivity contribution in [2.45, 2.75) is 20.8 Å². The third kappa shape index (κ3) is 1.89. The quantitative estimate of drug-likeness (QED) is 0.617. The smallest absolute Gasteiger partial charge is 0.00486 e. The van der Waals surface area contributed by atoms with Crippen LogP contribution in [0.5, 0.6) is 0 Å². The molecule has 0 bridgehead atoms. The van der Waals surface area contributed by atoms with E-state index < -0.39 is 0 Å². The van der Waals surface area contributed by atoms with Crippen LogP contribution in [0, 0.1) is 20.8 Å². The van der Waals surface area contributed by atoms with E-state index in [9.17, 15) is 0 Å². The SMILES string of the molecule is Cc1cc(C)c(/C=C/Cl)c(C)c1. The van der Waals surface area contributed by atoms with Gasteiger partial charge in [-0.2, -0.15) is 0 Å². The number of hydrogen-bond acceptors (Lipinski definition) is 0. The van der Waals surface area contributed by atoms with Crippen LogP contribution in [0.15, 0.2) is 17.7 Å². The predicted octanol–water partition coefficient (Wildman–Crippen LogP) is 3.82. The van der Waals surface area contributed by atoms with E-state index in [0.29, 0.717) is 0 Å². The van der Waals surface area contributed by atoms with E-state index in [-0.39, 0.29) is 0 Å². The molecule has 0 N–H and O–H groups in total. The molecule has 0 fully saturated rings. The fraction of sp³-hybridized carbons (Fsp3) is 0.273. The molecule has 1 rings (SSSR count). The summed E-state index contributed by atoms with van der Waals surface area (Å²) in [5.74, 6) is 0. The van der Waals surface area contributed by atoms with Crippen molar-refractivity contribution in [2.75, 3.05) is 0 Å². The molecule has 0 atom stereocenters. The number of benzene rings is 1. The molecule has 1 heteroatoms. The number of hydrogen-bond donors (Lipinski definition) is 0. The molecule has 0 radical (unpaired) electrons. The molecular weight excluding hydrogens is 168 g/mol. The van der Waals surface area contributed by atoms with Gasteiger partial charge in [0.15, 0.2) is 0 Å². The fourth-order valence-corrected chi connectivity index (χ4v) is 1.64. The number of aryl methyl sites for hydroxylation is 3. The Morgan fingerprint density at radius 3 is 2.00 bits per heavy atom. The van der Waals surface area contributed by atoms with E-state index in [4.69, 9.17) is 11.6 Å². The Morgan fingerprint density at radius 2 is 1.58 bits per heavy atom. The second-order valence-electron chi connectivity index (χ2n) is 3.11. The summed E-state index contributed by atoms with van der Waals surface area (Å²) < 4.78 is 0. The molecule has 0 saturated carbocycles. The van der Waals surface area contributed by atoms with E-state index in [2.05, 4.69) is 32.9 Å². The van der Waals surface area contributed by atoms with Gasteiger partial charge in [0.25, 0.3) is 0 Å². The molecule has 0 aromatic heterocycles. The Morgan fingerprint density at radius 1 is 1.08 bits per heavy atom. The first-order valence-corrected chi connectivity index (χ1v) is 4.43. The zero-order chi connectivity index (χ0) is 9.14. The summed E-state index contributed by atoms with van der Waals surface area (Å²) >= 11 is 5.54. The van der Waals surface area contributed by atoms with Crippen molar-refractivity contribution in [3.63, 3.8) is 0 Å². The van der Waals surface area contributed by atoms with Crippen molar-refractivity contribution >= 4 is 17.7 Å². The molecule has 0 aliphatic carbocycles. The lowest BCUT2D eigenvalue weighted by atomic mass is 10.0. The zero-order valence-corrected chi connectivity index (χ0v) is 8.44. The van der Waals surface area contributed by atoms with Crippen LogP contribution in [0.1, 0.15) is 22.3 Å². The molecule has 0 spiro atoms. The van der Waals surface area contributed by atoms with Crippen LogP contribution in [-0.2, 0) is 0 Å². The lowest BCUT2D eigenvalue weighted by Gasteiger charge is -2.06. The third-order valence-electron chi connectivity index (χ3n) is 1.97. The lowest BCUT2D eigenvalue weighted by Crippen LogP contribution is -1.87. The van der Waals surface area contributed by atoms with E-state index in [0.717, 1.165) is 0 Å². The van der Waals surface area contributed by atoms with Gasteiger partial charge >= 0.3 is 0 Å². The monoisotopic (exact) mass is 180 g/mol. The van der Waals surface area contributed by atoms with Gasteiger partial charge in [0, 0.05) is 5.54 Å². The Bertz CT molecular complexity index is 288. The van der Waals surface area contributed by atoms with Crippen LogP contribution in [0.4, 0.5) is 0 Å². The molecule has 0 nitrogen and oxygen atoms in total. The number of halogens is 1. The zero-order valence-electron chi connectivity index (χ0n) is 7.69. The maximum atomic E-state index is 5.54. The van der Waals surface area contributed by atoms with E-state index in [1.807, 2.05) is 6.08 Å². The molecule has 0 amide bonds. The van der Waals surface area contributed by atoms with Gasteiger partial charge in [-0.3, -0.25) is 0 Å². The Kier molecular flexibility index (Phi) is 2.93. The first-order chi connectivity index (χ1) is 5.65. The average molecular weight is 181 g/mol. The van der Waals surface area contributed by atoms with E-state index in [1.54, 1.807) is 5.54 Å². The van der Waals surface area contributed by atoms with Gasteiger partial charge in [0.1, 0.15) is 0 Å². The molecule has 0 aliphatic rings. The molecule has 64 valence electrons. The largest absolute Gasteiger partial charge is 0.0929 e. The molecule has 0 unspecified atom stereocenters. The average Bonchev–Trinajstić information content (AvgIpc) is 1.96. The third-order valence-corrected chi connectivity index (χ3v) is 2.09. The van der Waals surface area contributed by atoms with Crippen LogP contribution in [0.2, 0.25) is 0 Å². The summed E-state index contributed by atoms with van der Waals surface area (Å²) in [5.41, 5.74) is 6.66. The summed E-state index contributed by atoms with van der Waals surface area (Å²) in [6.07, 6.45) is 1.94. The minimum atomic E-state index is 1.23. The molecule has 0 heterocycles. The maximum absolute atomic E-state index is 5.54. The highest BCUT2D eigenvalue weighted by Gasteiger charge is 1.98. The molecular formula is C11H13Cl. The summed E-state index contributed by atoms with van der Waals surface area (Å²) in [5, 5.41) is 0. The van der Waals surface area contributed by atoms with Crippen molar-refractivity contribution in [2.24, 2.45) is 0 Å². The highest BCUT2D eigenvalue weighted by atomic mass is 35.5. The Labute approximate surface area is 78.9 Å². The van der Waals surface area contributed by atoms with E-state index >= 15 is 0 Å². The van der Waals surface area contributed by atoms with Crippen molar-refractivity contribution in [1.29, 1.82) is 0 Å². The van der Waals surface area contributed by atoms with Gasteiger partial charge in [0.05, 0.1) is 0 Å². The highest BCUT2D eigenvalue weighted by molar-refractivity contribution is 6.27. The minimum absolute atomic E-state index is 1.23. The molecule has 0 aliphatic heterocycles. The van der Waals surface area contributed by atoms with Gasteiger partial charge in [0.2, 0.25) is 0 Å². The van der Waals surface area contributed by atoms with Gasteiger partial charge in [-0.05, 0) is 43.5 Å². The second kappa shape index (κ2) is 3.77. The fourth-order valence-electron chi connectivity index (χ4n) is 1.52. The summed E-state index contributed by atoms with van der Waals surface area (Å²) in [6.45, 7) is 6.31. The van der Waals surface area contributed by atoms with Crippen LogP contribution in [-0.4, -0.2) is 0 Å². The molecule has 12 heavy (non-hydrogen) atoms. The topological polar surface area (TPSA) is 0 Å². The maximum Gasteiger partial charge on any atom is 0.00486 e. The molecule has 1 aromatic carbocycles. The van der Waals surface area contributed by atoms with Crippen molar-refractivity contribution in [3.8, 4) is 0 Å². The Balaban J connectivity index is 3.28. The van der Waals surface area contributed by atoms with Crippen molar-refractivity contribution in [3.05, 3.63) is 39.9 Å². The van der Waals surface area contributed by atoms with Gasteiger partial charge in [-0.1, -0.05) is 29.3 Å². The van der Waals surface area contributed by atoms with Crippen LogP contribution >= 0.6 is 11.6 Å². The predicted molar refractivity (Wildman–Crippen MR) is 55.5 cm³/mol. The number of rotatable bonds is 1.